The zero-order valence-corrected chi connectivity index (χ0v) is 30.6. The molecule has 52 heavy (non-hydrogen) atoms. The molecule has 2 aliphatic carbocycles. The van der Waals surface area contributed by atoms with Crippen LogP contribution in [0.3, 0.4) is 0 Å². The molecule has 264 valence electrons. The first-order chi connectivity index (χ1) is 24.5. The van der Waals surface area contributed by atoms with Crippen LogP contribution in [-0.2, 0) is 31.7 Å². The van der Waals surface area contributed by atoms with Gasteiger partial charge < -0.3 is 5.11 Å². The lowest BCUT2D eigenvalue weighted by atomic mass is 9.64. The number of allylic oxidation sites excluding steroid dienone is 4. The van der Waals surface area contributed by atoms with Gasteiger partial charge in [0.15, 0.2) is 0 Å². The summed E-state index contributed by atoms with van der Waals surface area (Å²) < 4.78 is 37.2. The van der Waals surface area contributed by atoms with E-state index in [-0.39, 0.29) is 28.8 Å². The summed E-state index contributed by atoms with van der Waals surface area (Å²) in [5.41, 5.74) is 6.23. The molecule has 0 spiro atoms. The van der Waals surface area contributed by atoms with E-state index in [1.807, 2.05) is 31.2 Å². The van der Waals surface area contributed by atoms with Crippen molar-refractivity contribution < 1.29 is 27.7 Å². The summed E-state index contributed by atoms with van der Waals surface area (Å²) in [7, 11) is -5.04. The minimum Gasteiger partial charge on any atom is -0.508 e. The first-order valence-corrected chi connectivity index (χ1v) is 18.9. The number of nitrogens with zero attached hydrogens (tertiary/aromatic N) is 2. The number of amides is 2. The van der Waals surface area contributed by atoms with Gasteiger partial charge in [0, 0.05) is 17.5 Å². The van der Waals surface area contributed by atoms with E-state index < -0.39 is 27.4 Å². The van der Waals surface area contributed by atoms with Crippen molar-refractivity contribution in [3.05, 3.63) is 125 Å². The molecule has 1 unspecified atom stereocenters. The van der Waals surface area contributed by atoms with E-state index in [1.165, 1.54) is 46.5 Å². The normalized spacial score (nSPS) is 19.5. The first kappa shape index (κ1) is 33.9. The molecular weight excluding hydrogens is 673 g/mol. The average molecular weight is 713 g/mol. The van der Waals surface area contributed by atoms with Gasteiger partial charge in [-0.15, -0.1) is 0 Å². The van der Waals surface area contributed by atoms with Crippen molar-refractivity contribution in [2.75, 3.05) is 4.90 Å². The number of rotatable bonds is 5. The molecule has 2 N–H and O–H groups in total. The lowest BCUT2D eigenvalue weighted by Gasteiger charge is -2.40. The van der Waals surface area contributed by atoms with Crippen LogP contribution >= 0.6 is 0 Å². The van der Waals surface area contributed by atoms with Crippen molar-refractivity contribution in [1.29, 1.82) is 0 Å². The Labute approximate surface area is 303 Å². The zero-order valence-electron chi connectivity index (χ0n) is 29.8. The molecule has 5 aromatic rings. The Morgan fingerprint density at radius 1 is 0.788 bits per heavy atom. The fraction of sp³-hybridized carbons (Fsp3) is 0.256. The largest absolute Gasteiger partial charge is 0.508 e. The minimum absolute atomic E-state index is 0.00698. The van der Waals surface area contributed by atoms with E-state index in [0.29, 0.717) is 16.5 Å². The highest BCUT2D eigenvalue weighted by Crippen LogP contribution is 2.52. The van der Waals surface area contributed by atoms with Crippen molar-refractivity contribution >= 4 is 54.7 Å². The molecule has 8 nitrogen and oxygen atoms in total. The van der Waals surface area contributed by atoms with Gasteiger partial charge in [0.05, 0.1) is 5.69 Å². The molecule has 1 aliphatic heterocycles. The van der Waals surface area contributed by atoms with Crippen molar-refractivity contribution in [3.63, 3.8) is 0 Å². The maximum atomic E-state index is 14.0. The molecular formula is C43H40N2O6S. The number of carbonyl (C=O) groups is 2. The van der Waals surface area contributed by atoms with Crippen LogP contribution in [0.5, 0.6) is 5.75 Å². The number of carbonyl (C=O) groups excluding carboxylic acids is 2. The zero-order chi connectivity index (χ0) is 36.9. The predicted octanol–water partition coefficient (Wildman–Crippen LogP) is 8.64. The smallest absolute Gasteiger partial charge is 0.319 e. The van der Waals surface area contributed by atoms with E-state index in [9.17, 15) is 27.7 Å². The second-order valence-corrected chi connectivity index (χ2v) is 17.2. The number of phenolic OH excluding ortho intramolecular Hbond substituents is 1. The molecule has 1 heterocycles. The summed E-state index contributed by atoms with van der Waals surface area (Å²) >= 11 is 0. The summed E-state index contributed by atoms with van der Waals surface area (Å²) in [4.78, 5) is 29.5. The van der Waals surface area contributed by atoms with Crippen LogP contribution in [0.2, 0.25) is 0 Å². The second-order valence-electron chi connectivity index (χ2n) is 15.8. The van der Waals surface area contributed by atoms with Gasteiger partial charge in [-0.25, -0.2) is 0 Å². The van der Waals surface area contributed by atoms with E-state index in [1.54, 1.807) is 12.1 Å². The van der Waals surface area contributed by atoms with Gasteiger partial charge in [-0.1, -0.05) is 112 Å². The number of hydrogen-bond donors (Lipinski definition) is 2. The molecule has 3 aliphatic rings. The Bertz CT molecular complexity index is 2550. The number of fused-ring (bicyclic) bond motifs is 5. The molecule has 0 saturated carbocycles. The Hall–Kier alpha value is -5.25. The van der Waals surface area contributed by atoms with Gasteiger partial charge in [-0.2, -0.15) is 8.42 Å². The maximum absolute atomic E-state index is 14.0. The lowest BCUT2D eigenvalue weighted by Crippen LogP contribution is -2.46. The van der Waals surface area contributed by atoms with Gasteiger partial charge in [-0.05, 0) is 98.3 Å². The van der Waals surface area contributed by atoms with Crippen LogP contribution in [0.25, 0.3) is 38.2 Å². The Morgan fingerprint density at radius 2 is 1.48 bits per heavy atom. The number of anilines is 1. The second kappa shape index (κ2) is 11.6. The summed E-state index contributed by atoms with van der Waals surface area (Å²) in [6.07, 6.45) is 6.58. The molecule has 1 saturated heterocycles. The van der Waals surface area contributed by atoms with Gasteiger partial charge in [0.1, 0.15) is 5.75 Å². The number of phenols is 1. The van der Waals surface area contributed by atoms with E-state index in [4.69, 9.17) is 0 Å². The molecule has 0 bridgehead atoms. The average Bonchev–Trinajstić information content (AvgIpc) is 3.32. The number of aryl methyl sites for hydroxylation is 1. The highest BCUT2D eigenvalue weighted by atomic mass is 32.2. The van der Waals surface area contributed by atoms with Gasteiger partial charge >= 0.3 is 21.9 Å². The van der Waals surface area contributed by atoms with Gasteiger partial charge in [0.2, 0.25) is 5.50 Å². The molecule has 1 fully saturated rings. The van der Waals surface area contributed by atoms with E-state index >= 15 is 0 Å². The number of hydrogen-bond acceptors (Lipinski definition) is 5. The highest BCUT2D eigenvalue weighted by Gasteiger charge is 2.53. The fourth-order valence-electron chi connectivity index (χ4n) is 8.67. The molecule has 9 heteroatoms. The van der Waals surface area contributed by atoms with Crippen molar-refractivity contribution in [2.45, 2.75) is 64.9 Å². The Balaban J connectivity index is 1.33. The SMILES string of the molecule is Cc1cc2c3c(ccc2cc1-c1ccc2ccccc2c1N1C(=O)C(=O)N(Cc2ccc(O)cc2)C1S(=O)(=O)O)C1=C(CC(C)(C)C=C1)CC3(C)C. The van der Waals surface area contributed by atoms with E-state index in [2.05, 4.69) is 64.1 Å². The quantitative estimate of drug-likeness (QED) is 0.139. The summed E-state index contributed by atoms with van der Waals surface area (Å²) in [5.74, 6) is -2.14. The van der Waals surface area contributed by atoms with Crippen LogP contribution in [0, 0.1) is 12.3 Å². The predicted molar refractivity (Wildman–Crippen MR) is 205 cm³/mol. The van der Waals surface area contributed by atoms with Crippen molar-refractivity contribution in [2.24, 2.45) is 5.41 Å². The third kappa shape index (κ3) is 5.42. The molecule has 0 radical (unpaired) electrons. The summed E-state index contributed by atoms with van der Waals surface area (Å²) in [6.45, 7) is 10.9. The molecule has 5 aromatic carbocycles. The summed E-state index contributed by atoms with van der Waals surface area (Å²) in [6, 6.07) is 25.5. The molecule has 8 rings (SSSR count). The number of aromatic hydroxyl groups is 1. The molecule has 0 aromatic heterocycles. The fourth-order valence-corrected chi connectivity index (χ4v) is 9.63. The summed E-state index contributed by atoms with van der Waals surface area (Å²) in [5, 5.41) is 13.2. The highest BCUT2D eigenvalue weighted by molar-refractivity contribution is 7.86. The van der Waals surface area contributed by atoms with Gasteiger partial charge in [0.25, 0.3) is 0 Å². The molecule has 1 atom stereocenters. The Morgan fingerprint density at radius 3 is 2.21 bits per heavy atom. The molecule has 2 amide bonds. The topological polar surface area (TPSA) is 115 Å². The number of benzene rings is 5. The standard InChI is InChI=1S/C43H40N2O6S/c1-25-20-36-28(13-16-33-31-18-19-42(2,3)22-29(31)23-43(4,5)37(33)36)21-35(25)34-17-12-27-8-6-7-9-32(27)38(34)45-40(48)39(47)44(41(45)52(49,50)51)24-26-10-14-30(46)15-11-26/h6-21,41,46H,22-24H2,1-5H3,(H,49,50,51). The van der Waals surface area contributed by atoms with Gasteiger partial charge in [-0.3, -0.25) is 23.9 Å². The maximum Gasteiger partial charge on any atom is 0.319 e. The first-order valence-electron chi connectivity index (χ1n) is 17.4. The van der Waals surface area contributed by atoms with Crippen LogP contribution in [0.1, 0.15) is 62.8 Å². The van der Waals surface area contributed by atoms with Crippen LogP contribution < -0.4 is 4.90 Å². The minimum atomic E-state index is -5.04. The van der Waals surface area contributed by atoms with Crippen LogP contribution in [0.15, 0.2) is 103 Å². The Kier molecular flexibility index (Phi) is 7.58. The monoisotopic (exact) mass is 712 g/mol. The van der Waals surface area contributed by atoms with Crippen LogP contribution in [0.4, 0.5) is 5.69 Å². The third-order valence-corrected chi connectivity index (χ3v) is 11.9. The van der Waals surface area contributed by atoms with Crippen molar-refractivity contribution in [1.82, 2.24) is 4.90 Å². The van der Waals surface area contributed by atoms with Crippen molar-refractivity contribution in [3.8, 4) is 16.9 Å². The third-order valence-electron chi connectivity index (χ3n) is 10.9. The van der Waals surface area contributed by atoms with E-state index in [0.717, 1.165) is 49.9 Å². The lowest BCUT2D eigenvalue weighted by molar-refractivity contribution is -0.140. The van der Waals surface area contributed by atoms with Crippen LogP contribution in [-0.4, -0.2) is 40.3 Å².